The number of ether oxygens (including phenoxy) is 2. The van der Waals surface area contributed by atoms with Gasteiger partial charge in [-0.1, -0.05) is 13.8 Å². The molecule has 1 heterocycles. The second-order valence-corrected chi connectivity index (χ2v) is 9.66. The number of rotatable bonds is 1. The van der Waals surface area contributed by atoms with E-state index < -0.39 is 0 Å². The fourth-order valence-electron chi connectivity index (χ4n) is 7.86. The summed E-state index contributed by atoms with van der Waals surface area (Å²) in [5, 5.41) is 0. The van der Waals surface area contributed by atoms with Crippen LogP contribution in [0.25, 0.3) is 0 Å². The van der Waals surface area contributed by atoms with Gasteiger partial charge in [0.15, 0.2) is 0 Å². The Morgan fingerprint density at radius 2 is 1.73 bits per heavy atom. The second-order valence-electron chi connectivity index (χ2n) is 9.66. The maximum atomic E-state index is 5.94. The van der Waals surface area contributed by atoms with Crippen LogP contribution in [0.1, 0.15) is 65.2 Å². The van der Waals surface area contributed by atoms with Crippen molar-refractivity contribution in [3.05, 3.63) is 0 Å². The van der Waals surface area contributed by atoms with Gasteiger partial charge in [0, 0.05) is 7.11 Å². The Morgan fingerprint density at radius 3 is 2.55 bits per heavy atom. The molecule has 1 aliphatic heterocycles. The Morgan fingerprint density at radius 1 is 0.909 bits per heavy atom. The van der Waals surface area contributed by atoms with Gasteiger partial charge < -0.3 is 9.47 Å². The molecule has 4 saturated carbocycles. The SMILES string of the molecule is COC1CC[C@H]2[C@@H]3CCC4CC5OC5C[C@]4(C)[C@@H]3CC[C@]12C. The molecule has 4 unspecified atom stereocenters. The van der Waals surface area contributed by atoms with Crippen LogP contribution in [0, 0.1) is 34.5 Å². The highest BCUT2D eigenvalue weighted by atomic mass is 16.6. The van der Waals surface area contributed by atoms with E-state index >= 15 is 0 Å². The predicted octanol–water partition coefficient (Wildman–Crippen LogP) is 4.42. The lowest BCUT2D eigenvalue weighted by Gasteiger charge is -2.59. The van der Waals surface area contributed by atoms with Crippen molar-refractivity contribution in [1.29, 1.82) is 0 Å². The first kappa shape index (κ1) is 14.3. The maximum absolute atomic E-state index is 5.94. The van der Waals surface area contributed by atoms with Crippen LogP contribution in [0.4, 0.5) is 0 Å². The van der Waals surface area contributed by atoms with E-state index in [0.29, 0.717) is 29.1 Å². The average molecular weight is 304 g/mol. The van der Waals surface area contributed by atoms with Crippen LogP contribution < -0.4 is 0 Å². The highest BCUT2D eigenvalue weighted by Gasteiger charge is 2.63. The van der Waals surface area contributed by atoms with Gasteiger partial charge in [-0.15, -0.1) is 0 Å². The standard InChI is InChI=1S/C20H32O2/c1-19-9-8-15-13(14(19)6-7-18(19)21-3)5-4-12-10-16-17(22-16)11-20(12,15)2/h12-18H,4-11H2,1-3H3/t12?,13-,14-,15+,16?,17?,18?,19-,20-/m0/s1. The fourth-order valence-corrected chi connectivity index (χ4v) is 7.86. The minimum atomic E-state index is 0.465. The summed E-state index contributed by atoms with van der Waals surface area (Å²) in [6, 6.07) is 0. The molecule has 5 fully saturated rings. The van der Waals surface area contributed by atoms with Crippen LogP contribution in [0.2, 0.25) is 0 Å². The topological polar surface area (TPSA) is 21.8 Å². The minimum absolute atomic E-state index is 0.465. The Balaban J connectivity index is 1.45. The first-order valence-corrected chi connectivity index (χ1v) is 9.74. The first-order chi connectivity index (χ1) is 10.6. The molecular formula is C20H32O2. The van der Waals surface area contributed by atoms with Crippen molar-refractivity contribution >= 4 is 0 Å². The molecule has 0 aromatic carbocycles. The maximum Gasteiger partial charge on any atom is 0.0847 e. The molecule has 0 aromatic rings. The van der Waals surface area contributed by atoms with E-state index in [1.54, 1.807) is 0 Å². The number of hydrogen-bond donors (Lipinski definition) is 0. The Bertz CT molecular complexity index is 476. The molecule has 5 rings (SSSR count). The van der Waals surface area contributed by atoms with Gasteiger partial charge in [0.05, 0.1) is 18.3 Å². The summed E-state index contributed by atoms with van der Waals surface area (Å²) in [4.78, 5) is 0. The monoisotopic (exact) mass is 304 g/mol. The van der Waals surface area contributed by atoms with E-state index in [0.717, 1.165) is 23.7 Å². The fraction of sp³-hybridized carbons (Fsp3) is 1.00. The molecule has 124 valence electrons. The van der Waals surface area contributed by atoms with Crippen LogP contribution >= 0.6 is 0 Å². The van der Waals surface area contributed by atoms with Crippen LogP contribution in [-0.4, -0.2) is 25.4 Å². The van der Waals surface area contributed by atoms with Gasteiger partial charge in [-0.3, -0.25) is 0 Å². The summed E-state index contributed by atoms with van der Waals surface area (Å²) in [5.41, 5.74) is 1.04. The predicted molar refractivity (Wildman–Crippen MR) is 86.6 cm³/mol. The van der Waals surface area contributed by atoms with Crippen molar-refractivity contribution in [1.82, 2.24) is 0 Å². The van der Waals surface area contributed by atoms with Crippen LogP contribution in [0.5, 0.6) is 0 Å². The van der Waals surface area contributed by atoms with Crippen molar-refractivity contribution in [3.8, 4) is 0 Å². The average Bonchev–Trinajstić information content (AvgIpc) is 3.14. The molecule has 2 nitrogen and oxygen atoms in total. The summed E-state index contributed by atoms with van der Waals surface area (Å²) in [7, 11) is 1.94. The van der Waals surface area contributed by atoms with Gasteiger partial charge in [-0.25, -0.2) is 0 Å². The van der Waals surface area contributed by atoms with Crippen molar-refractivity contribution in [2.75, 3.05) is 7.11 Å². The van der Waals surface area contributed by atoms with Gasteiger partial charge in [-0.2, -0.15) is 0 Å². The molecule has 0 bridgehead atoms. The molecule has 1 saturated heterocycles. The van der Waals surface area contributed by atoms with Crippen LogP contribution in [0.3, 0.4) is 0 Å². The third kappa shape index (κ3) is 1.69. The zero-order chi connectivity index (χ0) is 15.1. The third-order valence-corrected chi connectivity index (χ3v) is 9.11. The summed E-state index contributed by atoms with van der Waals surface area (Å²) < 4.78 is 11.8. The molecule has 9 atom stereocenters. The Hall–Kier alpha value is -0.0800. The number of epoxide rings is 1. The number of fused-ring (bicyclic) bond motifs is 6. The lowest BCUT2D eigenvalue weighted by molar-refractivity contribution is -0.122. The summed E-state index contributed by atoms with van der Waals surface area (Å²) in [5.74, 6) is 3.80. The van der Waals surface area contributed by atoms with Crippen molar-refractivity contribution in [2.24, 2.45) is 34.5 Å². The molecular weight excluding hydrogens is 272 g/mol. The summed E-state index contributed by atoms with van der Waals surface area (Å²) in [6.07, 6.45) is 13.0. The van der Waals surface area contributed by atoms with E-state index in [4.69, 9.17) is 9.47 Å². The minimum Gasteiger partial charge on any atom is -0.381 e. The summed E-state index contributed by atoms with van der Waals surface area (Å²) >= 11 is 0. The molecule has 4 aliphatic carbocycles. The van der Waals surface area contributed by atoms with Gasteiger partial charge in [0.25, 0.3) is 0 Å². The van der Waals surface area contributed by atoms with Crippen molar-refractivity contribution < 1.29 is 9.47 Å². The highest BCUT2D eigenvalue weighted by Crippen LogP contribution is 2.67. The molecule has 0 aromatic heterocycles. The van der Waals surface area contributed by atoms with Gasteiger partial charge in [-0.05, 0) is 85.9 Å². The second kappa shape index (κ2) is 4.51. The molecule has 2 heteroatoms. The van der Waals surface area contributed by atoms with E-state index in [2.05, 4.69) is 13.8 Å². The molecule has 0 N–H and O–H groups in total. The molecule has 5 aliphatic rings. The van der Waals surface area contributed by atoms with Gasteiger partial charge in [0.2, 0.25) is 0 Å². The first-order valence-electron chi connectivity index (χ1n) is 9.74. The van der Waals surface area contributed by atoms with E-state index in [1.807, 2.05) is 7.11 Å². The van der Waals surface area contributed by atoms with E-state index in [1.165, 1.54) is 51.4 Å². The Kier molecular flexibility index (Phi) is 2.92. The van der Waals surface area contributed by atoms with Gasteiger partial charge in [0.1, 0.15) is 0 Å². The zero-order valence-corrected chi connectivity index (χ0v) is 14.5. The molecule has 22 heavy (non-hydrogen) atoms. The van der Waals surface area contributed by atoms with Crippen molar-refractivity contribution in [3.63, 3.8) is 0 Å². The molecule has 0 amide bonds. The summed E-state index contributed by atoms with van der Waals surface area (Å²) in [6.45, 7) is 5.18. The normalized spacial score (nSPS) is 62.6. The lowest BCUT2D eigenvalue weighted by atomic mass is 9.45. The third-order valence-electron chi connectivity index (χ3n) is 9.11. The Labute approximate surface area is 135 Å². The van der Waals surface area contributed by atoms with Crippen LogP contribution in [0.15, 0.2) is 0 Å². The van der Waals surface area contributed by atoms with E-state index in [9.17, 15) is 0 Å². The zero-order valence-electron chi connectivity index (χ0n) is 14.5. The van der Waals surface area contributed by atoms with Crippen molar-refractivity contribution in [2.45, 2.75) is 83.5 Å². The molecule has 0 spiro atoms. The van der Waals surface area contributed by atoms with Gasteiger partial charge >= 0.3 is 0 Å². The highest BCUT2D eigenvalue weighted by molar-refractivity contribution is 5.12. The van der Waals surface area contributed by atoms with E-state index in [-0.39, 0.29) is 0 Å². The number of methoxy groups -OCH3 is 1. The quantitative estimate of drug-likeness (QED) is 0.669. The smallest absolute Gasteiger partial charge is 0.0847 e. The largest absolute Gasteiger partial charge is 0.381 e. The molecule has 0 radical (unpaired) electrons. The lowest BCUT2D eigenvalue weighted by Crippen LogP contribution is -2.54. The number of hydrogen-bond acceptors (Lipinski definition) is 2. The van der Waals surface area contributed by atoms with Crippen LogP contribution in [-0.2, 0) is 9.47 Å².